The molecule has 0 aliphatic rings. The van der Waals surface area contributed by atoms with Gasteiger partial charge in [0.05, 0.1) is 17.5 Å². The quantitative estimate of drug-likeness (QED) is 0.309. The summed E-state index contributed by atoms with van der Waals surface area (Å²) >= 11 is 0. The van der Waals surface area contributed by atoms with Crippen LogP contribution in [0.15, 0.2) is 78.9 Å². The van der Waals surface area contributed by atoms with Crippen molar-refractivity contribution in [1.82, 2.24) is 10.2 Å². The SMILES string of the molecule is Cc1ccc(CN(C(=O)CN(c2cccc(C(F)(F)F)c2)S(C)(=O)=O)[C@H](Cc2ccccc2)C(=O)NCC(C)C)cc1. The van der Waals surface area contributed by atoms with E-state index in [4.69, 9.17) is 0 Å². The molecular formula is C31H36F3N3O4S. The Morgan fingerprint density at radius 3 is 2.12 bits per heavy atom. The Labute approximate surface area is 245 Å². The first-order chi connectivity index (χ1) is 19.6. The molecule has 0 fully saturated rings. The third kappa shape index (κ3) is 9.34. The first-order valence-electron chi connectivity index (χ1n) is 13.5. The first-order valence-corrected chi connectivity index (χ1v) is 15.3. The lowest BCUT2D eigenvalue weighted by molar-refractivity contribution is -0.140. The fraction of sp³-hybridized carbons (Fsp3) is 0.355. The first kappa shape index (κ1) is 32.7. The maximum atomic E-state index is 14.0. The molecule has 3 aromatic carbocycles. The molecule has 0 saturated heterocycles. The highest BCUT2D eigenvalue weighted by atomic mass is 32.2. The van der Waals surface area contributed by atoms with Gasteiger partial charge in [-0.3, -0.25) is 13.9 Å². The summed E-state index contributed by atoms with van der Waals surface area (Å²) in [5.41, 5.74) is 1.11. The summed E-state index contributed by atoms with van der Waals surface area (Å²) in [4.78, 5) is 28.9. The molecule has 0 aromatic heterocycles. The van der Waals surface area contributed by atoms with Gasteiger partial charge in [0.15, 0.2) is 0 Å². The third-order valence-corrected chi connectivity index (χ3v) is 7.71. The van der Waals surface area contributed by atoms with Crippen LogP contribution in [0.25, 0.3) is 0 Å². The number of benzene rings is 3. The molecule has 0 radical (unpaired) electrons. The van der Waals surface area contributed by atoms with Crippen LogP contribution < -0.4 is 9.62 Å². The number of nitrogens with one attached hydrogen (secondary N) is 1. The molecular weight excluding hydrogens is 567 g/mol. The van der Waals surface area contributed by atoms with Gasteiger partial charge in [0.25, 0.3) is 0 Å². The van der Waals surface area contributed by atoms with Crippen LogP contribution in [0, 0.1) is 12.8 Å². The van der Waals surface area contributed by atoms with Crippen molar-refractivity contribution in [1.29, 1.82) is 0 Å². The Hall–Kier alpha value is -3.86. The van der Waals surface area contributed by atoms with Crippen molar-refractivity contribution >= 4 is 27.5 Å². The van der Waals surface area contributed by atoms with E-state index >= 15 is 0 Å². The predicted molar refractivity (Wildman–Crippen MR) is 157 cm³/mol. The molecule has 0 heterocycles. The van der Waals surface area contributed by atoms with Gasteiger partial charge < -0.3 is 10.2 Å². The lowest BCUT2D eigenvalue weighted by Crippen LogP contribution is -2.53. The number of carbonyl (C=O) groups excluding carboxylic acids is 2. The third-order valence-electron chi connectivity index (χ3n) is 6.57. The maximum Gasteiger partial charge on any atom is 0.416 e. The summed E-state index contributed by atoms with van der Waals surface area (Å²) in [6, 6.07) is 19.2. The smallest absolute Gasteiger partial charge is 0.354 e. The summed E-state index contributed by atoms with van der Waals surface area (Å²) in [5.74, 6) is -1.02. The second kappa shape index (κ2) is 13.9. The van der Waals surface area contributed by atoms with Gasteiger partial charge in [-0.25, -0.2) is 8.42 Å². The number of hydrogen-bond acceptors (Lipinski definition) is 4. The van der Waals surface area contributed by atoms with Crippen molar-refractivity contribution < 1.29 is 31.2 Å². The van der Waals surface area contributed by atoms with Crippen molar-refractivity contribution in [2.45, 2.75) is 46.0 Å². The molecule has 2 amide bonds. The Morgan fingerprint density at radius 1 is 0.905 bits per heavy atom. The standard InChI is InChI=1S/C31H36F3N3O4S/c1-22(2)19-35-30(39)28(17-24-9-6-5-7-10-24)36(20-25-15-13-23(3)14-16-25)29(38)21-37(42(4,40)41)27-12-8-11-26(18-27)31(32,33)34/h5-16,18,22,28H,17,19-21H2,1-4H3,(H,35,39)/t28-/m1/s1. The zero-order chi connectivity index (χ0) is 31.1. The van der Waals surface area contributed by atoms with E-state index in [1.807, 2.05) is 75.4 Å². The Bertz CT molecular complexity index is 1460. The molecule has 0 unspecified atom stereocenters. The molecule has 0 aliphatic heterocycles. The van der Waals surface area contributed by atoms with E-state index in [0.29, 0.717) is 22.5 Å². The molecule has 1 atom stereocenters. The van der Waals surface area contributed by atoms with Gasteiger partial charge in [0.1, 0.15) is 12.6 Å². The Morgan fingerprint density at radius 2 is 1.55 bits per heavy atom. The number of halogens is 3. The number of nitrogens with zero attached hydrogens (tertiary/aromatic N) is 2. The molecule has 7 nitrogen and oxygen atoms in total. The number of sulfonamides is 1. The van der Waals surface area contributed by atoms with E-state index in [-0.39, 0.29) is 24.6 Å². The van der Waals surface area contributed by atoms with E-state index in [1.165, 1.54) is 11.0 Å². The van der Waals surface area contributed by atoms with Crippen LogP contribution in [0.2, 0.25) is 0 Å². The van der Waals surface area contributed by atoms with Crippen LogP contribution in [-0.4, -0.2) is 50.5 Å². The van der Waals surface area contributed by atoms with E-state index in [0.717, 1.165) is 29.5 Å². The monoisotopic (exact) mass is 603 g/mol. The van der Waals surface area contributed by atoms with Crippen molar-refractivity contribution in [3.8, 4) is 0 Å². The molecule has 3 aromatic rings. The average molecular weight is 604 g/mol. The minimum absolute atomic E-state index is 0.0219. The van der Waals surface area contributed by atoms with Gasteiger partial charge in [-0.05, 0) is 42.2 Å². The van der Waals surface area contributed by atoms with Crippen LogP contribution in [0.3, 0.4) is 0 Å². The van der Waals surface area contributed by atoms with Gasteiger partial charge in [0, 0.05) is 19.5 Å². The van der Waals surface area contributed by atoms with Crippen molar-refractivity contribution in [3.63, 3.8) is 0 Å². The number of aryl methyl sites for hydroxylation is 1. The summed E-state index contributed by atoms with van der Waals surface area (Å²) < 4.78 is 66.6. The highest BCUT2D eigenvalue weighted by Crippen LogP contribution is 2.32. The van der Waals surface area contributed by atoms with Gasteiger partial charge in [0.2, 0.25) is 21.8 Å². The molecule has 42 heavy (non-hydrogen) atoms. The van der Waals surface area contributed by atoms with Gasteiger partial charge in [-0.1, -0.05) is 80.1 Å². The summed E-state index contributed by atoms with van der Waals surface area (Å²) in [7, 11) is -4.20. The summed E-state index contributed by atoms with van der Waals surface area (Å²) in [6.45, 7) is 5.31. The van der Waals surface area contributed by atoms with Gasteiger partial charge >= 0.3 is 6.18 Å². The van der Waals surface area contributed by atoms with Crippen LogP contribution >= 0.6 is 0 Å². The molecule has 3 rings (SSSR count). The number of anilines is 1. The van der Waals surface area contributed by atoms with Crippen molar-refractivity contribution in [2.75, 3.05) is 23.7 Å². The summed E-state index contributed by atoms with van der Waals surface area (Å²) in [5, 5.41) is 2.88. The minimum atomic E-state index is -4.71. The molecule has 226 valence electrons. The zero-order valence-corrected chi connectivity index (χ0v) is 24.9. The molecule has 0 bridgehead atoms. The largest absolute Gasteiger partial charge is 0.416 e. The molecule has 0 aliphatic carbocycles. The second-order valence-electron chi connectivity index (χ2n) is 10.7. The van der Waals surface area contributed by atoms with Crippen LogP contribution in [-0.2, 0) is 38.8 Å². The minimum Gasteiger partial charge on any atom is -0.354 e. The maximum absolute atomic E-state index is 14.0. The molecule has 0 saturated carbocycles. The fourth-order valence-corrected chi connectivity index (χ4v) is 5.16. The Kier molecular flexibility index (Phi) is 10.8. The molecule has 1 N–H and O–H groups in total. The van der Waals surface area contributed by atoms with E-state index in [1.54, 1.807) is 0 Å². The molecule has 0 spiro atoms. The number of rotatable bonds is 12. The van der Waals surface area contributed by atoms with Crippen molar-refractivity contribution in [3.05, 3.63) is 101 Å². The zero-order valence-electron chi connectivity index (χ0n) is 24.1. The highest BCUT2D eigenvalue weighted by molar-refractivity contribution is 7.92. The normalized spacial score (nSPS) is 12.6. The number of carbonyl (C=O) groups is 2. The predicted octanol–water partition coefficient (Wildman–Crippen LogP) is 5.19. The lowest BCUT2D eigenvalue weighted by Gasteiger charge is -2.33. The van der Waals surface area contributed by atoms with Crippen LogP contribution in [0.5, 0.6) is 0 Å². The number of hydrogen-bond donors (Lipinski definition) is 1. The van der Waals surface area contributed by atoms with Gasteiger partial charge in [-0.15, -0.1) is 0 Å². The van der Waals surface area contributed by atoms with Crippen LogP contribution in [0.4, 0.5) is 18.9 Å². The number of alkyl halides is 3. The lowest BCUT2D eigenvalue weighted by atomic mass is 10.0. The van der Waals surface area contributed by atoms with Crippen LogP contribution in [0.1, 0.15) is 36.1 Å². The van der Waals surface area contributed by atoms with E-state index in [2.05, 4.69) is 5.32 Å². The van der Waals surface area contributed by atoms with E-state index < -0.39 is 46.2 Å². The average Bonchev–Trinajstić information content (AvgIpc) is 2.92. The van der Waals surface area contributed by atoms with Crippen molar-refractivity contribution in [2.24, 2.45) is 5.92 Å². The summed E-state index contributed by atoms with van der Waals surface area (Å²) in [6.07, 6.45) is -3.75. The second-order valence-corrected chi connectivity index (χ2v) is 12.6. The molecule has 11 heteroatoms. The van der Waals surface area contributed by atoms with Gasteiger partial charge in [-0.2, -0.15) is 13.2 Å². The Balaban J connectivity index is 2.07. The van der Waals surface area contributed by atoms with E-state index in [9.17, 15) is 31.2 Å². The topological polar surface area (TPSA) is 86.8 Å². The number of amides is 2. The fourth-order valence-electron chi connectivity index (χ4n) is 4.32. The highest BCUT2D eigenvalue weighted by Gasteiger charge is 2.35.